The number of hydrogen-bond donors (Lipinski definition) is 3. The van der Waals surface area contributed by atoms with Crippen LogP contribution in [-0.2, 0) is 11.3 Å². The van der Waals surface area contributed by atoms with Gasteiger partial charge in [-0.25, -0.2) is 0 Å². The highest BCUT2D eigenvalue weighted by molar-refractivity contribution is 5.86. The Balaban J connectivity index is 1.41. The van der Waals surface area contributed by atoms with Crippen molar-refractivity contribution in [1.82, 2.24) is 20.5 Å². The highest BCUT2D eigenvalue weighted by Crippen LogP contribution is 2.39. The van der Waals surface area contributed by atoms with Gasteiger partial charge in [0.15, 0.2) is 0 Å². The normalized spacial score (nSPS) is 22.4. The minimum absolute atomic E-state index is 0.245. The molecule has 1 aromatic heterocycles. The fourth-order valence-electron chi connectivity index (χ4n) is 6.60. The van der Waals surface area contributed by atoms with E-state index < -0.39 is 0 Å². The molecule has 33 heavy (non-hydrogen) atoms. The number of nitrogens with zero attached hydrogens (tertiary/aromatic N) is 1. The van der Waals surface area contributed by atoms with Crippen molar-refractivity contribution < 1.29 is 4.79 Å². The lowest BCUT2D eigenvalue weighted by Gasteiger charge is -2.31. The molecule has 1 aromatic carbocycles. The van der Waals surface area contributed by atoms with Crippen LogP contribution in [0.5, 0.6) is 0 Å². The van der Waals surface area contributed by atoms with Gasteiger partial charge in [0.05, 0.1) is 0 Å². The van der Waals surface area contributed by atoms with Gasteiger partial charge >= 0.3 is 0 Å². The van der Waals surface area contributed by atoms with Crippen molar-refractivity contribution in [2.24, 2.45) is 11.8 Å². The number of benzene rings is 1. The zero-order valence-corrected chi connectivity index (χ0v) is 20.2. The molecule has 1 amide bonds. The topological polar surface area (TPSA) is 58.1 Å². The number of carbonyl (C=O) groups excluding carboxylic acids is 1. The Morgan fingerprint density at radius 2 is 1.64 bits per heavy atom. The third kappa shape index (κ3) is 5.63. The van der Waals surface area contributed by atoms with Crippen molar-refractivity contribution in [3.05, 3.63) is 36.0 Å². The van der Waals surface area contributed by atoms with E-state index in [2.05, 4.69) is 51.0 Å². The quantitative estimate of drug-likeness (QED) is 0.579. The van der Waals surface area contributed by atoms with E-state index in [1.54, 1.807) is 0 Å². The van der Waals surface area contributed by atoms with Crippen molar-refractivity contribution in [3.8, 4) is 0 Å². The highest BCUT2D eigenvalue weighted by Gasteiger charge is 2.30. The minimum Gasteiger partial charge on any atom is -0.353 e. The molecule has 2 aliphatic heterocycles. The summed E-state index contributed by atoms with van der Waals surface area (Å²) in [5, 5.41) is 11.7. The van der Waals surface area contributed by atoms with Crippen molar-refractivity contribution in [2.75, 3.05) is 26.2 Å². The maximum Gasteiger partial charge on any atom is 0.220 e. The Bertz CT molecular complexity index is 904. The zero-order valence-electron chi connectivity index (χ0n) is 20.2. The fourth-order valence-corrected chi connectivity index (χ4v) is 6.60. The Labute approximate surface area is 199 Å². The van der Waals surface area contributed by atoms with E-state index in [4.69, 9.17) is 0 Å². The molecular formula is C28H42N4O. The van der Waals surface area contributed by atoms with Crippen LogP contribution in [0.1, 0.15) is 75.7 Å². The Morgan fingerprint density at radius 1 is 0.939 bits per heavy atom. The molecule has 1 unspecified atom stereocenters. The van der Waals surface area contributed by atoms with Gasteiger partial charge in [-0.2, -0.15) is 0 Å². The number of hydrogen-bond acceptors (Lipinski definition) is 3. The van der Waals surface area contributed by atoms with E-state index in [-0.39, 0.29) is 5.91 Å². The number of para-hydroxylation sites is 1. The second kappa shape index (κ2) is 11.1. The number of piperidine rings is 2. The van der Waals surface area contributed by atoms with Crippen LogP contribution >= 0.6 is 0 Å². The van der Waals surface area contributed by atoms with Gasteiger partial charge < -0.3 is 20.5 Å². The lowest BCUT2D eigenvalue weighted by Crippen LogP contribution is -2.43. The molecule has 3 N–H and O–H groups in total. The first kappa shape index (κ1) is 22.9. The van der Waals surface area contributed by atoms with Gasteiger partial charge in [0.1, 0.15) is 0 Å². The zero-order chi connectivity index (χ0) is 22.5. The van der Waals surface area contributed by atoms with Crippen molar-refractivity contribution in [3.63, 3.8) is 0 Å². The molecular weight excluding hydrogens is 408 g/mol. The van der Waals surface area contributed by atoms with Gasteiger partial charge in [0.25, 0.3) is 0 Å². The monoisotopic (exact) mass is 450 g/mol. The third-order valence-electron chi connectivity index (χ3n) is 8.46. The van der Waals surface area contributed by atoms with E-state index in [1.165, 1.54) is 48.6 Å². The molecule has 180 valence electrons. The number of fused-ring (bicyclic) bond motifs is 1. The second-order valence-corrected chi connectivity index (χ2v) is 10.7. The predicted octanol–water partition coefficient (Wildman–Crippen LogP) is 4.56. The summed E-state index contributed by atoms with van der Waals surface area (Å²) in [6.45, 7) is 5.28. The molecule has 1 aliphatic carbocycles. The Morgan fingerprint density at radius 3 is 2.39 bits per heavy atom. The van der Waals surface area contributed by atoms with Crippen LogP contribution in [0.3, 0.4) is 0 Å². The average Bonchev–Trinajstić information content (AvgIpc) is 3.22. The first-order valence-electron chi connectivity index (χ1n) is 13.6. The predicted molar refractivity (Wildman–Crippen MR) is 135 cm³/mol. The molecule has 1 saturated carbocycles. The number of nitrogens with one attached hydrogen (secondary N) is 3. The molecule has 0 spiro atoms. The average molecular weight is 451 g/mol. The smallest absolute Gasteiger partial charge is 0.220 e. The Kier molecular flexibility index (Phi) is 7.67. The van der Waals surface area contributed by atoms with Gasteiger partial charge in [-0.15, -0.1) is 0 Å². The Hall–Kier alpha value is -1.85. The van der Waals surface area contributed by atoms with Crippen LogP contribution in [0, 0.1) is 11.8 Å². The molecule has 5 rings (SSSR count). The molecule has 1 atom stereocenters. The lowest BCUT2D eigenvalue weighted by atomic mass is 9.78. The molecule has 0 radical (unpaired) electrons. The second-order valence-electron chi connectivity index (χ2n) is 10.7. The molecule has 0 bridgehead atoms. The summed E-state index contributed by atoms with van der Waals surface area (Å²) in [5.74, 6) is 1.91. The summed E-state index contributed by atoms with van der Waals surface area (Å²) in [5.41, 5.74) is 2.77. The first-order valence-corrected chi connectivity index (χ1v) is 13.6. The van der Waals surface area contributed by atoms with Crippen LogP contribution in [0.2, 0.25) is 0 Å². The maximum absolute atomic E-state index is 13.2. The van der Waals surface area contributed by atoms with Crippen molar-refractivity contribution in [1.29, 1.82) is 0 Å². The summed E-state index contributed by atoms with van der Waals surface area (Å²) in [4.78, 5) is 13.2. The minimum atomic E-state index is 0.245. The van der Waals surface area contributed by atoms with Crippen LogP contribution in [0.15, 0.2) is 30.5 Å². The molecule has 5 nitrogen and oxygen atoms in total. The van der Waals surface area contributed by atoms with E-state index in [9.17, 15) is 4.79 Å². The number of rotatable bonds is 7. The number of carbonyl (C=O) groups is 1. The summed E-state index contributed by atoms with van der Waals surface area (Å²) >= 11 is 0. The third-order valence-corrected chi connectivity index (χ3v) is 8.46. The lowest BCUT2D eigenvalue weighted by molar-refractivity contribution is -0.122. The van der Waals surface area contributed by atoms with Crippen LogP contribution < -0.4 is 16.0 Å². The standard InChI is InChI=1S/C28H42N4O/c33-28(31-23-12-16-30-17-13-23)18-25(22-10-14-29-15-11-22)26-20-32(19-21-6-2-1-3-7-21)27-9-5-4-8-24(26)27/h4-5,8-9,20-23,25,29-30H,1-3,6-7,10-19H2,(H,31,33). The largest absolute Gasteiger partial charge is 0.353 e. The summed E-state index contributed by atoms with van der Waals surface area (Å²) < 4.78 is 2.53. The highest BCUT2D eigenvalue weighted by atomic mass is 16.1. The molecule has 3 fully saturated rings. The molecule has 5 heteroatoms. The summed E-state index contributed by atoms with van der Waals surface area (Å²) in [6.07, 6.45) is 14.3. The van der Waals surface area contributed by atoms with Crippen molar-refractivity contribution >= 4 is 16.8 Å². The number of amides is 1. The van der Waals surface area contributed by atoms with E-state index in [1.807, 2.05) is 0 Å². The summed E-state index contributed by atoms with van der Waals surface area (Å²) in [6, 6.07) is 9.26. The molecule has 2 saturated heterocycles. The summed E-state index contributed by atoms with van der Waals surface area (Å²) in [7, 11) is 0. The van der Waals surface area contributed by atoms with Gasteiger partial charge in [-0.05, 0) is 94.1 Å². The van der Waals surface area contributed by atoms with Crippen molar-refractivity contribution in [2.45, 2.75) is 82.7 Å². The van der Waals surface area contributed by atoms with Crippen LogP contribution in [-0.4, -0.2) is 42.7 Å². The van der Waals surface area contributed by atoms with E-state index in [0.717, 1.165) is 64.3 Å². The molecule has 3 heterocycles. The SMILES string of the molecule is O=C(CC(c1cn(CC2CCCCC2)c2ccccc12)C1CCNCC1)NC1CCNCC1. The van der Waals surface area contributed by atoms with Crippen LogP contribution in [0.4, 0.5) is 0 Å². The fraction of sp³-hybridized carbons (Fsp3) is 0.679. The van der Waals surface area contributed by atoms with Gasteiger partial charge in [0, 0.05) is 36.1 Å². The molecule has 3 aliphatic rings. The first-order chi connectivity index (χ1) is 16.3. The molecule has 2 aromatic rings. The maximum atomic E-state index is 13.2. The van der Waals surface area contributed by atoms with Gasteiger partial charge in [-0.3, -0.25) is 4.79 Å². The van der Waals surface area contributed by atoms with Gasteiger partial charge in [0.2, 0.25) is 5.91 Å². The van der Waals surface area contributed by atoms with Gasteiger partial charge in [-0.1, -0.05) is 37.5 Å². The van der Waals surface area contributed by atoms with Crippen LogP contribution in [0.25, 0.3) is 10.9 Å². The van der Waals surface area contributed by atoms with E-state index in [0.29, 0.717) is 24.3 Å². The van der Waals surface area contributed by atoms with E-state index >= 15 is 0 Å². The number of aromatic nitrogens is 1.